The van der Waals surface area contributed by atoms with E-state index in [0.29, 0.717) is 0 Å². The Balaban J connectivity index is 0. The molecule has 0 bridgehead atoms. The molecule has 0 aromatic rings. The third-order valence-corrected chi connectivity index (χ3v) is 0. The van der Waals surface area contributed by atoms with Crippen molar-refractivity contribution in [1.82, 2.24) is 129 Å². The van der Waals surface area contributed by atoms with Crippen LogP contribution in [0.25, 0.3) is 0 Å². The van der Waals surface area contributed by atoms with Crippen LogP contribution in [0.3, 0.4) is 0 Å². The van der Waals surface area contributed by atoms with Crippen LogP contribution in [-0.4, -0.2) is 339 Å². The summed E-state index contributed by atoms with van der Waals surface area (Å²) >= 11 is 0. The zero-order valence-electron chi connectivity index (χ0n) is 14.8. The first-order valence-corrected chi connectivity index (χ1v) is 0. The molecule has 0 atom stereocenters. The first kappa shape index (κ1) is 1140. The minimum absolute atomic E-state index is 0. The van der Waals surface area contributed by atoms with Crippen LogP contribution in [0.4, 0.5) is 0 Å². The Bertz CT molecular complexity index is 38.8. The van der Waals surface area contributed by atoms with E-state index in [2.05, 4.69) is 0 Å². The van der Waals surface area contributed by atoms with Gasteiger partial charge in [-0.3, -0.25) is 0 Å². The summed E-state index contributed by atoms with van der Waals surface area (Å²) in [5, 5.41) is 0. The van der Waals surface area contributed by atoms with Gasteiger partial charge in [0.2, 0.25) is 0 Å². The van der Waals surface area contributed by atoms with E-state index in [1.54, 1.807) is 0 Å². The predicted octanol–water partition coefficient (Wildman–Crippen LogP) is -8.27. The minimum atomic E-state index is 0. The molecular weight excluding hydrogens is 419 g/mol. The Morgan fingerprint density at radius 3 is 0.0513 bits per heavy atom. The summed E-state index contributed by atoms with van der Waals surface area (Å²) in [5.41, 5.74) is 0. The Morgan fingerprint density at radius 2 is 0.0513 bits per heavy atom. The van der Waals surface area contributed by atoms with Crippen LogP contribution >= 0.6 is 0 Å². The van der Waals surface area contributed by atoms with E-state index in [1.165, 1.54) is 0 Å². The maximum absolute atomic E-state index is 0. The molecule has 0 radical (unpaired) electrons. The van der Waals surface area contributed by atoms with Crippen molar-refractivity contribution < 1.29 is 0 Å². The van der Waals surface area contributed by atoms with E-state index >= 15 is 0 Å². The van der Waals surface area contributed by atoms with Crippen LogP contribution in [-0.2, 0) is 0 Å². The summed E-state index contributed by atoms with van der Waals surface area (Å²) in [6.07, 6.45) is 0. The molecule has 0 saturated heterocycles. The van der Waals surface area contributed by atoms with Gasteiger partial charge in [-0.1, -0.05) is 0 Å². The molecule has 0 aliphatic carbocycles. The second-order valence-corrected chi connectivity index (χ2v) is 0. The molecule has 0 rings (SSSR count). The maximum atomic E-state index is 0. The summed E-state index contributed by atoms with van der Waals surface area (Å²) < 4.78 is 0. The standard InChI is InChI=1S/18Li.21H3N.18H/h;;;;;;;;;;;;;;;;;;21*1H3;;;;;;;;;;;;;;;;;;. The predicted molar refractivity (Wildman–Crippen MR) is 234 cm³/mol. The van der Waals surface area contributed by atoms with Crippen LogP contribution in [0, 0.1) is 0 Å². The van der Waals surface area contributed by atoms with Gasteiger partial charge in [-0.2, -0.15) is 0 Å². The third-order valence-electron chi connectivity index (χ3n) is 0. The van der Waals surface area contributed by atoms with Gasteiger partial charge in [0.1, 0.15) is 0 Å². The van der Waals surface area contributed by atoms with Crippen LogP contribution in [0.15, 0.2) is 0 Å². The van der Waals surface area contributed by atoms with Gasteiger partial charge in [-0.25, -0.2) is 0 Å². The summed E-state index contributed by atoms with van der Waals surface area (Å²) in [5.74, 6) is 0. The Morgan fingerprint density at radius 1 is 0.0513 bits per heavy atom. The third kappa shape index (κ3) is 1030. The van der Waals surface area contributed by atoms with Crippen molar-refractivity contribution in [3.8, 4) is 0 Å². The molecule has 63 N–H and O–H groups in total. The molecule has 21 nitrogen and oxygen atoms in total. The van der Waals surface area contributed by atoms with Crippen molar-refractivity contribution in [2.24, 2.45) is 0 Å². The molecule has 39 heteroatoms. The molecule has 0 unspecified atom stereocenters. The van der Waals surface area contributed by atoms with Crippen molar-refractivity contribution >= 4 is 339 Å². The van der Waals surface area contributed by atoms with Crippen LogP contribution in [0.5, 0.6) is 0 Å². The zero-order valence-corrected chi connectivity index (χ0v) is 14.8. The van der Waals surface area contributed by atoms with Crippen molar-refractivity contribution in [2.75, 3.05) is 0 Å². The number of hydrogen-bond acceptors (Lipinski definition) is 21. The molecule has 0 aromatic carbocycles. The first-order chi connectivity index (χ1) is 0. The monoisotopic (exact) mass is 502 g/mol. The molecule has 0 aliphatic rings. The fourth-order valence-electron chi connectivity index (χ4n) is 0. The van der Waals surface area contributed by atoms with E-state index in [1.807, 2.05) is 0 Å². The van der Waals surface area contributed by atoms with Crippen molar-refractivity contribution in [2.45, 2.75) is 0 Å². The molecule has 204 valence electrons. The molecule has 0 saturated carbocycles. The second-order valence-electron chi connectivity index (χ2n) is 0. The molecule has 0 fully saturated rings. The van der Waals surface area contributed by atoms with Crippen LogP contribution < -0.4 is 129 Å². The van der Waals surface area contributed by atoms with Crippen LogP contribution in [0.1, 0.15) is 0 Å². The summed E-state index contributed by atoms with van der Waals surface area (Å²) in [6, 6.07) is 0. The summed E-state index contributed by atoms with van der Waals surface area (Å²) in [4.78, 5) is 0. The molecular formula is H81Li18N21. The molecule has 0 heterocycles. The number of rotatable bonds is 0. The second kappa shape index (κ2) is 1070. The van der Waals surface area contributed by atoms with E-state index in [0.717, 1.165) is 0 Å². The van der Waals surface area contributed by atoms with Crippen molar-refractivity contribution in [1.29, 1.82) is 0 Å². The topological polar surface area (TPSA) is 735 Å². The van der Waals surface area contributed by atoms with E-state index in [4.69, 9.17) is 0 Å². The average molecular weight is 501 g/mol. The first-order valence-electron chi connectivity index (χ1n) is 0. The van der Waals surface area contributed by atoms with Gasteiger partial charge in [-0.05, 0) is 0 Å². The van der Waals surface area contributed by atoms with Crippen LogP contribution in [0.2, 0.25) is 0 Å². The fourth-order valence-corrected chi connectivity index (χ4v) is 0. The van der Waals surface area contributed by atoms with E-state index in [-0.39, 0.29) is 469 Å². The SMILES string of the molecule is N.N.N.N.N.N.N.N.N.N.N.N.N.N.N.N.N.N.N.N.N.[LiH].[LiH].[LiH].[LiH].[LiH].[LiH].[LiH].[LiH].[LiH].[LiH].[LiH].[LiH].[LiH].[LiH].[LiH].[LiH].[LiH].[LiH]. The summed E-state index contributed by atoms with van der Waals surface area (Å²) in [6.45, 7) is 0. The Labute approximate surface area is 460 Å². The van der Waals surface area contributed by atoms with Gasteiger partial charge in [0.05, 0.1) is 0 Å². The average Bonchev–Trinajstić information content (AvgIpc) is 0. The zero-order chi connectivity index (χ0) is 0. The fraction of sp³-hybridized carbons (Fsp3) is 0. The van der Waals surface area contributed by atoms with E-state index < -0.39 is 0 Å². The normalized spacial score (nSPS) is 0. The molecule has 0 aliphatic heterocycles. The van der Waals surface area contributed by atoms with E-state index in [9.17, 15) is 0 Å². The van der Waals surface area contributed by atoms with Crippen molar-refractivity contribution in [3.63, 3.8) is 0 Å². The molecule has 0 amide bonds. The van der Waals surface area contributed by atoms with Gasteiger partial charge < -0.3 is 129 Å². The molecule has 0 spiro atoms. The van der Waals surface area contributed by atoms with Gasteiger partial charge in [0, 0.05) is 0 Å². The molecule has 0 aromatic heterocycles. The summed E-state index contributed by atoms with van der Waals surface area (Å²) in [7, 11) is 0. The van der Waals surface area contributed by atoms with Gasteiger partial charge in [0.15, 0.2) is 0 Å². The Kier molecular flexibility index (Phi) is 31400. The number of hydrogen-bond donors (Lipinski definition) is 21. The van der Waals surface area contributed by atoms with Gasteiger partial charge in [0.25, 0.3) is 0 Å². The van der Waals surface area contributed by atoms with Gasteiger partial charge in [-0.15, -0.1) is 0 Å². The van der Waals surface area contributed by atoms with Crippen molar-refractivity contribution in [3.05, 3.63) is 0 Å². The molecule has 39 heavy (non-hydrogen) atoms. The Hall–Kier alpha value is 9.91. The van der Waals surface area contributed by atoms with Gasteiger partial charge >= 0.3 is 339 Å². The quantitative estimate of drug-likeness (QED) is 0.137.